The maximum Gasteiger partial charge on any atom is 0.416 e. The lowest BCUT2D eigenvalue weighted by atomic mass is 10.1. The van der Waals surface area contributed by atoms with E-state index in [2.05, 4.69) is 4.98 Å². The SMILES string of the molecule is COc1cc(C2CN(c3ccccn3)C(=O)O2)ccc1[N+](=O)[O-]. The van der Waals surface area contributed by atoms with Crippen LogP contribution in [0.25, 0.3) is 0 Å². The highest BCUT2D eigenvalue weighted by atomic mass is 16.6. The molecule has 23 heavy (non-hydrogen) atoms. The third kappa shape index (κ3) is 2.78. The summed E-state index contributed by atoms with van der Waals surface area (Å²) in [5.74, 6) is 0.619. The van der Waals surface area contributed by atoms with Crippen LogP contribution >= 0.6 is 0 Å². The Morgan fingerprint density at radius 1 is 1.39 bits per heavy atom. The molecule has 1 atom stereocenters. The van der Waals surface area contributed by atoms with Gasteiger partial charge in [0.2, 0.25) is 0 Å². The number of benzene rings is 1. The number of cyclic esters (lactones) is 1. The van der Waals surface area contributed by atoms with Crippen LogP contribution in [0.2, 0.25) is 0 Å². The molecule has 3 rings (SSSR count). The Balaban J connectivity index is 1.86. The monoisotopic (exact) mass is 315 g/mol. The standard InChI is InChI=1S/C15H13N3O5/c1-22-12-8-10(5-6-11(12)18(20)21)13-9-17(15(19)23-13)14-4-2-3-7-16-14/h2-8,13H,9H2,1H3. The number of ether oxygens (including phenoxy) is 2. The van der Waals surface area contributed by atoms with E-state index in [0.29, 0.717) is 11.4 Å². The first-order valence-electron chi connectivity index (χ1n) is 6.81. The number of nitro groups is 1. The number of hydrogen-bond donors (Lipinski definition) is 0. The van der Waals surface area contributed by atoms with Crippen LogP contribution < -0.4 is 9.64 Å². The molecule has 2 aromatic rings. The summed E-state index contributed by atoms with van der Waals surface area (Å²) in [5, 5.41) is 10.9. The minimum Gasteiger partial charge on any atom is -0.490 e. The predicted octanol–water partition coefficient (Wildman–Crippen LogP) is 2.70. The third-order valence-electron chi connectivity index (χ3n) is 3.51. The molecule has 1 amide bonds. The van der Waals surface area contributed by atoms with Gasteiger partial charge in [0.1, 0.15) is 11.9 Å². The topological polar surface area (TPSA) is 94.8 Å². The molecule has 0 bridgehead atoms. The van der Waals surface area contributed by atoms with Crippen LogP contribution in [0.1, 0.15) is 11.7 Å². The summed E-state index contributed by atoms with van der Waals surface area (Å²) in [5.41, 5.74) is 0.487. The van der Waals surface area contributed by atoms with Crippen molar-refractivity contribution in [3.63, 3.8) is 0 Å². The summed E-state index contributed by atoms with van der Waals surface area (Å²) in [7, 11) is 1.35. The zero-order valence-corrected chi connectivity index (χ0v) is 12.2. The number of hydrogen-bond acceptors (Lipinski definition) is 6. The lowest BCUT2D eigenvalue weighted by Gasteiger charge is -2.12. The van der Waals surface area contributed by atoms with Gasteiger partial charge < -0.3 is 9.47 Å². The maximum atomic E-state index is 12.0. The Morgan fingerprint density at radius 2 is 2.22 bits per heavy atom. The average molecular weight is 315 g/mol. The normalized spacial score (nSPS) is 17.0. The van der Waals surface area contributed by atoms with Crippen LogP contribution in [0.5, 0.6) is 5.75 Å². The molecule has 8 nitrogen and oxygen atoms in total. The zero-order valence-electron chi connectivity index (χ0n) is 12.2. The second-order valence-corrected chi connectivity index (χ2v) is 4.86. The fraction of sp³-hybridized carbons (Fsp3) is 0.200. The second-order valence-electron chi connectivity index (χ2n) is 4.86. The van der Waals surface area contributed by atoms with Gasteiger partial charge in [-0.05, 0) is 29.8 Å². The van der Waals surface area contributed by atoms with Crippen molar-refractivity contribution in [2.24, 2.45) is 0 Å². The van der Waals surface area contributed by atoms with Gasteiger partial charge in [-0.15, -0.1) is 0 Å². The first-order valence-corrected chi connectivity index (χ1v) is 6.81. The Kier molecular flexibility index (Phi) is 3.80. The molecular weight excluding hydrogens is 302 g/mol. The molecule has 8 heteroatoms. The molecule has 0 spiro atoms. The van der Waals surface area contributed by atoms with E-state index in [-0.39, 0.29) is 18.0 Å². The van der Waals surface area contributed by atoms with E-state index in [0.717, 1.165) is 0 Å². The van der Waals surface area contributed by atoms with Crippen molar-refractivity contribution in [1.29, 1.82) is 0 Å². The number of nitro benzene ring substituents is 1. The summed E-state index contributed by atoms with van der Waals surface area (Å²) in [6.45, 7) is 0.275. The van der Waals surface area contributed by atoms with Gasteiger partial charge in [0.15, 0.2) is 5.75 Å². The molecule has 1 fully saturated rings. The quantitative estimate of drug-likeness (QED) is 0.636. The van der Waals surface area contributed by atoms with E-state index in [1.807, 2.05) is 0 Å². The molecule has 0 radical (unpaired) electrons. The Bertz CT molecular complexity index is 750. The fourth-order valence-corrected chi connectivity index (χ4v) is 2.38. The molecule has 118 valence electrons. The minimum atomic E-state index is -0.542. The van der Waals surface area contributed by atoms with Crippen molar-refractivity contribution in [2.45, 2.75) is 6.10 Å². The van der Waals surface area contributed by atoms with Gasteiger partial charge in [-0.3, -0.25) is 15.0 Å². The smallest absolute Gasteiger partial charge is 0.416 e. The van der Waals surface area contributed by atoms with Crippen molar-refractivity contribution in [3.8, 4) is 5.75 Å². The van der Waals surface area contributed by atoms with Crippen LogP contribution in [-0.2, 0) is 4.74 Å². The number of amides is 1. The number of carbonyl (C=O) groups excluding carboxylic acids is 1. The predicted molar refractivity (Wildman–Crippen MR) is 80.5 cm³/mol. The highest BCUT2D eigenvalue weighted by molar-refractivity contribution is 5.88. The van der Waals surface area contributed by atoms with Crippen LogP contribution in [0.15, 0.2) is 42.6 Å². The van der Waals surface area contributed by atoms with Gasteiger partial charge >= 0.3 is 11.8 Å². The van der Waals surface area contributed by atoms with Gasteiger partial charge in [0.05, 0.1) is 18.6 Å². The number of pyridine rings is 1. The number of methoxy groups -OCH3 is 1. The summed E-state index contributed by atoms with van der Waals surface area (Å²) < 4.78 is 10.4. The molecule has 0 aliphatic carbocycles. The van der Waals surface area contributed by atoms with E-state index in [1.165, 1.54) is 24.1 Å². The van der Waals surface area contributed by atoms with Crippen LogP contribution in [0.3, 0.4) is 0 Å². The summed E-state index contributed by atoms with van der Waals surface area (Å²) in [4.78, 5) is 28.0. The van der Waals surface area contributed by atoms with Crippen molar-refractivity contribution >= 4 is 17.6 Å². The number of anilines is 1. The zero-order chi connectivity index (χ0) is 16.4. The largest absolute Gasteiger partial charge is 0.490 e. The summed E-state index contributed by atoms with van der Waals surface area (Å²) >= 11 is 0. The summed E-state index contributed by atoms with van der Waals surface area (Å²) in [6.07, 6.45) is 0.537. The number of rotatable bonds is 4. The molecule has 0 N–H and O–H groups in total. The van der Waals surface area contributed by atoms with E-state index in [4.69, 9.17) is 9.47 Å². The fourth-order valence-electron chi connectivity index (χ4n) is 2.38. The highest BCUT2D eigenvalue weighted by Crippen LogP contribution is 2.34. The minimum absolute atomic E-state index is 0.125. The second kappa shape index (κ2) is 5.91. The van der Waals surface area contributed by atoms with Gasteiger partial charge in [-0.2, -0.15) is 0 Å². The van der Waals surface area contributed by atoms with Gasteiger partial charge in [0.25, 0.3) is 0 Å². The van der Waals surface area contributed by atoms with Crippen LogP contribution in [-0.4, -0.2) is 29.7 Å². The number of carbonyl (C=O) groups is 1. The van der Waals surface area contributed by atoms with Crippen molar-refractivity contribution in [3.05, 3.63) is 58.3 Å². The molecule has 1 aromatic carbocycles. The van der Waals surface area contributed by atoms with Crippen LogP contribution in [0.4, 0.5) is 16.3 Å². The van der Waals surface area contributed by atoms with E-state index in [9.17, 15) is 14.9 Å². The lowest BCUT2D eigenvalue weighted by molar-refractivity contribution is -0.385. The molecule has 1 aliphatic rings. The van der Waals surface area contributed by atoms with Crippen molar-refractivity contribution in [1.82, 2.24) is 4.98 Å². The molecule has 0 saturated carbocycles. The molecule has 1 saturated heterocycles. The Hall–Kier alpha value is -3.16. The first-order chi connectivity index (χ1) is 11.1. The average Bonchev–Trinajstić information content (AvgIpc) is 2.96. The lowest BCUT2D eigenvalue weighted by Crippen LogP contribution is -2.24. The molecule has 2 heterocycles. The number of nitrogens with zero attached hydrogens (tertiary/aromatic N) is 3. The van der Waals surface area contributed by atoms with Crippen LogP contribution in [0, 0.1) is 10.1 Å². The van der Waals surface area contributed by atoms with E-state index >= 15 is 0 Å². The van der Waals surface area contributed by atoms with Crippen molar-refractivity contribution < 1.29 is 19.2 Å². The summed E-state index contributed by atoms with van der Waals surface area (Å²) in [6, 6.07) is 9.64. The molecule has 1 unspecified atom stereocenters. The maximum absolute atomic E-state index is 12.0. The molecular formula is C15H13N3O5. The molecule has 1 aliphatic heterocycles. The van der Waals surface area contributed by atoms with Crippen molar-refractivity contribution in [2.75, 3.05) is 18.6 Å². The Morgan fingerprint density at radius 3 is 2.87 bits per heavy atom. The molecule has 1 aromatic heterocycles. The van der Waals surface area contributed by atoms with E-state index in [1.54, 1.807) is 30.5 Å². The highest BCUT2D eigenvalue weighted by Gasteiger charge is 2.34. The van der Waals surface area contributed by atoms with Gasteiger partial charge in [-0.25, -0.2) is 9.78 Å². The first kappa shape index (κ1) is 14.8. The third-order valence-corrected chi connectivity index (χ3v) is 3.51. The van der Waals surface area contributed by atoms with Gasteiger partial charge in [0, 0.05) is 12.3 Å². The number of aromatic nitrogens is 1. The van der Waals surface area contributed by atoms with Gasteiger partial charge in [-0.1, -0.05) is 6.07 Å². The Labute approximate surface area is 131 Å². The van der Waals surface area contributed by atoms with E-state index < -0.39 is 17.1 Å².